The number of carbonyl (C=O) groups excluding carboxylic acids is 1. The Morgan fingerprint density at radius 2 is 1.70 bits per heavy atom. The van der Waals surface area contributed by atoms with Gasteiger partial charge in [0.25, 0.3) is 0 Å². The zero-order chi connectivity index (χ0) is 20.8. The third kappa shape index (κ3) is 5.10. The van der Waals surface area contributed by atoms with Crippen molar-refractivity contribution in [3.63, 3.8) is 0 Å². The number of amides is 1. The quantitative estimate of drug-likeness (QED) is 0.718. The van der Waals surface area contributed by atoms with Crippen LogP contribution in [0.25, 0.3) is 11.3 Å². The molecule has 1 saturated carbocycles. The van der Waals surface area contributed by atoms with Crippen LogP contribution < -0.4 is 9.64 Å². The van der Waals surface area contributed by atoms with Crippen molar-refractivity contribution in [1.29, 1.82) is 0 Å². The maximum absolute atomic E-state index is 12.6. The molecule has 1 saturated heterocycles. The molecule has 4 rings (SSSR count). The molecule has 0 bridgehead atoms. The van der Waals surface area contributed by atoms with E-state index in [0.29, 0.717) is 18.4 Å². The molecular weight excluding hydrogens is 376 g/mol. The van der Waals surface area contributed by atoms with Crippen LogP contribution in [0.2, 0.25) is 0 Å². The lowest BCUT2D eigenvalue weighted by molar-refractivity contribution is -0.132. The number of hydrogen-bond donors (Lipinski definition) is 0. The number of carbonyl (C=O) groups is 1. The van der Waals surface area contributed by atoms with Crippen molar-refractivity contribution in [1.82, 2.24) is 15.1 Å². The van der Waals surface area contributed by atoms with Crippen LogP contribution in [0.4, 0.5) is 5.82 Å². The van der Waals surface area contributed by atoms with E-state index in [1.807, 2.05) is 48.2 Å². The van der Waals surface area contributed by atoms with E-state index in [1.165, 1.54) is 32.1 Å². The van der Waals surface area contributed by atoms with Crippen molar-refractivity contribution < 1.29 is 9.53 Å². The highest BCUT2D eigenvalue weighted by molar-refractivity contribution is 5.76. The first-order valence-electron chi connectivity index (χ1n) is 11.3. The monoisotopic (exact) mass is 408 g/mol. The molecule has 2 aromatic rings. The first-order valence-corrected chi connectivity index (χ1v) is 11.3. The summed E-state index contributed by atoms with van der Waals surface area (Å²) in [4.78, 5) is 16.9. The molecule has 2 fully saturated rings. The van der Waals surface area contributed by atoms with Gasteiger partial charge in [-0.15, -0.1) is 10.2 Å². The number of aromatic nitrogens is 2. The lowest BCUT2D eigenvalue weighted by Crippen LogP contribution is -2.49. The van der Waals surface area contributed by atoms with Crippen molar-refractivity contribution in [2.75, 3.05) is 37.7 Å². The zero-order valence-corrected chi connectivity index (χ0v) is 17.9. The predicted molar refractivity (Wildman–Crippen MR) is 119 cm³/mol. The van der Waals surface area contributed by atoms with Gasteiger partial charge in [0.15, 0.2) is 5.82 Å². The van der Waals surface area contributed by atoms with Gasteiger partial charge in [0.1, 0.15) is 5.75 Å². The van der Waals surface area contributed by atoms with Gasteiger partial charge in [0.2, 0.25) is 5.91 Å². The topological polar surface area (TPSA) is 58.6 Å². The third-order valence-electron chi connectivity index (χ3n) is 6.26. The van der Waals surface area contributed by atoms with Crippen molar-refractivity contribution in [2.45, 2.75) is 45.4 Å². The Morgan fingerprint density at radius 3 is 2.33 bits per heavy atom. The van der Waals surface area contributed by atoms with Crippen LogP contribution in [-0.2, 0) is 4.79 Å². The van der Waals surface area contributed by atoms with Crippen LogP contribution in [0.3, 0.4) is 0 Å². The van der Waals surface area contributed by atoms with Gasteiger partial charge in [0, 0.05) is 38.2 Å². The number of piperazine rings is 1. The second-order valence-corrected chi connectivity index (χ2v) is 8.31. The third-order valence-corrected chi connectivity index (χ3v) is 6.26. The average molecular weight is 409 g/mol. The number of ether oxygens (including phenoxy) is 1. The van der Waals surface area contributed by atoms with E-state index in [2.05, 4.69) is 15.1 Å². The number of hydrogen-bond acceptors (Lipinski definition) is 5. The SMILES string of the molecule is CCOc1ccc(-c2ccc(N3CCN(C(=O)CC4CCCCC4)CC3)nn2)cc1. The van der Waals surface area contributed by atoms with E-state index in [9.17, 15) is 4.79 Å². The lowest BCUT2D eigenvalue weighted by Gasteiger charge is -2.36. The minimum Gasteiger partial charge on any atom is -0.494 e. The molecule has 6 nitrogen and oxygen atoms in total. The van der Waals surface area contributed by atoms with Crippen LogP contribution in [0.15, 0.2) is 36.4 Å². The molecule has 0 radical (unpaired) electrons. The number of benzene rings is 1. The van der Waals surface area contributed by atoms with Crippen LogP contribution in [0.5, 0.6) is 5.75 Å². The van der Waals surface area contributed by atoms with Gasteiger partial charge >= 0.3 is 0 Å². The van der Waals surface area contributed by atoms with Crippen molar-refractivity contribution >= 4 is 11.7 Å². The smallest absolute Gasteiger partial charge is 0.222 e. The van der Waals surface area contributed by atoms with E-state index < -0.39 is 0 Å². The van der Waals surface area contributed by atoms with Gasteiger partial charge in [-0.3, -0.25) is 4.79 Å². The first-order chi connectivity index (χ1) is 14.7. The predicted octanol–water partition coefficient (Wildman–Crippen LogP) is 4.16. The molecule has 160 valence electrons. The normalized spacial score (nSPS) is 17.8. The molecule has 1 aromatic carbocycles. The van der Waals surface area contributed by atoms with Gasteiger partial charge in [-0.25, -0.2) is 0 Å². The summed E-state index contributed by atoms with van der Waals surface area (Å²) in [5, 5.41) is 8.86. The summed E-state index contributed by atoms with van der Waals surface area (Å²) in [7, 11) is 0. The fraction of sp³-hybridized carbons (Fsp3) is 0.542. The molecule has 2 heterocycles. The second kappa shape index (κ2) is 9.92. The summed E-state index contributed by atoms with van der Waals surface area (Å²) in [5.41, 5.74) is 1.87. The first kappa shape index (κ1) is 20.6. The van der Waals surface area contributed by atoms with Crippen molar-refractivity contribution in [3.05, 3.63) is 36.4 Å². The van der Waals surface area contributed by atoms with E-state index in [0.717, 1.165) is 55.4 Å². The van der Waals surface area contributed by atoms with Crippen LogP contribution in [-0.4, -0.2) is 53.8 Å². The Labute approximate surface area is 179 Å². The molecule has 0 spiro atoms. The highest BCUT2D eigenvalue weighted by atomic mass is 16.5. The second-order valence-electron chi connectivity index (χ2n) is 8.31. The van der Waals surface area contributed by atoms with E-state index in [4.69, 9.17) is 4.74 Å². The van der Waals surface area contributed by atoms with E-state index >= 15 is 0 Å². The molecule has 0 N–H and O–H groups in total. The summed E-state index contributed by atoms with van der Waals surface area (Å²) in [6.07, 6.45) is 7.09. The van der Waals surface area contributed by atoms with E-state index in [1.54, 1.807) is 0 Å². The molecule has 0 unspecified atom stereocenters. The molecular formula is C24H32N4O2. The molecule has 1 aliphatic heterocycles. The molecule has 30 heavy (non-hydrogen) atoms. The fourth-order valence-electron chi connectivity index (χ4n) is 4.49. The molecule has 1 amide bonds. The van der Waals surface area contributed by atoms with Gasteiger partial charge in [0.05, 0.1) is 12.3 Å². The molecule has 0 atom stereocenters. The van der Waals surface area contributed by atoms with Crippen LogP contribution >= 0.6 is 0 Å². The van der Waals surface area contributed by atoms with E-state index in [-0.39, 0.29) is 0 Å². The summed E-state index contributed by atoms with van der Waals surface area (Å²) < 4.78 is 5.49. The Morgan fingerprint density at radius 1 is 0.967 bits per heavy atom. The molecule has 1 aromatic heterocycles. The Kier molecular flexibility index (Phi) is 6.82. The van der Waals surface area contributed by atoms with Crippen molar-refractivity contribution in [2.24, 2.45) is 5.92 Å². The number of anilines is 1. The zero-order valence-electron chi connectivity index (χ0n) is 17.9. The van der Waals surface area contributed by atoms with Gasteiger partial charge in [-0.2, -0.15) is 0 Å². The molecule has 2 aliphatic rings. The van der Waals surface area contributed by atoms with Crippen molar-refractivity contribution in [3.8, 4) is 17.0 Å². The largest absolute Gasteiger partial charge is 0.494 e. The Hall–Kier alpha value is -2.63. The molecule has 1 aliphatic carbocycles. The summed E-state index contributed by atoms with van der Waals surface area (Å²) in [6, 6.07) is 12.0. The van der Waals surface area contributed by atoms with Gasteiger partial charge in [-0.1, -0.05) is 19.3 Å². The summed E-state index contributed by atoms with van der Waals surface area (Å²) in [5.74, 6) is 2.68. The number of nitrogens with zero attached hydrogens (tertiary/aromatic N) is 4. The van der Waals surface area contributed by atoms with Crippen LogP contribution in [0.1, 0.15) is 45.4 Å². The standard InChI is InChI=1S/C24H32N4O2/c1-2-30-21-10-8-20(9-11-21)22-12-13-23(26-25-22)27-14-16-28(17-15-27)24(29)18-19-6-4-3-5-7-19/h8-13,19H,2-7,14-18H2,1H3. The molecule has 6 heteroatoms. The van der Waals surface area contributed by atoms with Crippen LogP contribution in [0, 0.1) is 5.92 Å². The Balaban J connectivity index is 1.29. The minimum atomic E-state index is 0.332. The fourth-order valence-corrected chi connectivity index (χ4v) is 4.49. The number of rotatable bonds is 6. The summed E-state index contributed by atoms with van der Waals surface area (Å²) in [6.45, 7) is 5.81. The van der Waals surface area contributed by atoms with Gasteiger partial charge < -0.3 is 14.5 Å². The average Bonchev–Trinajstić information content (AvgIpc) is 2.81. The minimum absolute atomic E-state index is 0.332. The highest BCUT2D eigenvalue weighted by Gasteiger charge is 2.25. The maximum Gasteiger partial charge on any atom is 0.222 e. The highest BCUT2D eigenvalue weighted by Crippen LogP contribution is 2.27. The summed E-state index contributed by atoms with van der Waals surface area (Å²) >= 11 is 0. The van der Waals surface area contributed by atoms with Gasteiger partial charge in [-0.05, 0) is 62.1 Å². The Bertz CT molecular complexity index is 808. The maximum atomic E-state index is 12.6. The lowest BCUT2D eigenvalue weighted by atomic mass is 9.86.